The Morgan fingerprint density at radius 1 is 1.02 bits per heavy atom. The number of oxime groups is 1. The first-order valence-electron chi connectivity index (χ1n) is 23.4. The predicted molar refractivity (Wildman–Crippen MR) is 236 cm³/mol. The summed E-state index contributed by atoms with van der Waals surface area (Å²) >= 11 is 0. The number of rotatable bonds is 22. The molecule has 13 nitrogen and oxygen atoms in total. The van der Waals surface area contributed by atoms with E-state index in [1.165, 1.54) is 25.0 Å². The molecule has 2 aromatic carbocycles. The van der Waals surface area contributed by atoms with Gasteiger partial charge in [0.1, 0.15) is 23.3 Å². The lowest BCUT2D eigenvalue weighted by Gasteiger charge is -2.60. The Labute approximate surface area is 366 Å². The number of hydrogen-bond donors (Lipinski definition) is 2. The van der Waals surface area contributed by atoms with Crippen molar-refractivity contribution in [3.63, 3.8) is 0 Å². The Hall–Kier alpha value is -4.30. The van der Waals surface area contributed by atoms with Gasteiger partial charge in [0.15, 0.2) is 0 Å². The molecule has 3 aliphatic carbocycles. The van der Waals surface area contributed by atoms with Crippen molar-refractivity contribution in [3.8, 4) is 17.2 Å². The molecule has 13 heteroatoms. The van der Waals surface area contributed by atoms with Gasteiger partial charge >= 0.3 is 0 Å². The summed E-state index contributed by atoms with van der Waals surface area (Å²) in [6, 6.07) is 11.3. The van der Waals surface area contributed by atoms with E-state index in [0.717, 1.165) is 87.5 Å². The number of aliphatic hydroxyl groups excluding tert-OH is 2. The minimum Gasteiger partial charge on any atom is -0.459 e. The SMILES string of the molecule is C=CCO[C@@]12Oc3ccc(Oc4cccc([N+](=O)[O-])c4)cc3[C@H]3[C@H](CCCCO)[C@@H](CCCCO)C=C(C(=NOC4CCCCO4)C[C@@H]1N(CCC)C(=O)CCC1CCCC1)[C@H]32. The van der Waals surface area contributed by atoms with Crippen LogP contribution in [0.4, 0.5) is 5.69 Å². The maximum atomic E-state index is 14.8. The van der Waals surface area contributed by atoms with Crippen LogP contribution in [-0.4, -0.2) is 82.7 Å². The normalized spacial score (nSPS) is 27.4. The first kappa shape index (κ1) is 45.7. The smallest absolute Gasteiger partial charge is 0.273 e. The molecule has 2 heterocycles. The van der Waals surface area contributed by atoms with Crippen molar-refractivity contribution >= 4 is 17.3 Å². The number of carbonyl (C=O) groups is 1. The summed E-state index contributed by atoms with van der Waals surface area (Å²) in [7, 11) is 0. The van der Waals surface area contributed by atoms with Crippen LogP contribution in [0.25, 0.3) is 0 Å². The zero-order valence-electron chi connectivity index (χ0n) is 36.5. The minimum absolute atomic E-state index is 0.0386. The number of nitrogens with zero attached hydrogens (tertiary/aromatic N) is 3. The van der Waals surface area contributed by atoms with Gasteiger partial charge in [-0.15, -0.1) is 6.58 Å². The molecule has 1 unspecified atom stereocenters. The highest BCUT2D eigenvalue weighted by Crippen LogP contribution is 2.62. The molecule has 338 valence electrons. The summed E-state index contributed by atoms with van der Waals surface area (Å²) in [5, 5.41) is 36.6. The van der Waals surface area contributed by atoms with Gasteiger partial charge in [0, 0.05) is 56.6 Å². The van der Waals surface area contributed by atoms with Crippen LogP contribution in [-0.2, 0) is 19.1 Å². The van der Waals surface area contributed by atoms with E-state index >= 15 is 0 Å². The molecule has 0 bridgehead atoms. The third kappa shape index (κ3) is 10.4. The number of fused-ring (bicyclic) bond motifs is 2. The number of aliphatic hydroxyl groups is 2. The molecule has 2 N–H and O–H groups in total. The standard InChI is InChI=1S/C49H67N3O10/c1-3-25-51(45(55)24-21-34-14-5-6-15-34)44-33-42(50-62-46-20-9-12-29-58-46)40-30-35(16-7-10-26-53)39(19-8-11-27-54)47-41-32-38(60-37-18-13-17-36(31-37)52(56)57)22-23-43(41)61-49(44,48(40)47)59-28-4-2/h4,13,17-18,22-23,30-32,34-35,39,44,46-48,53-54H,2-3,5-12,14-16,19-21,24-29,33H2,1H3/t35-,39+,44-,46?,47+,48+,49+/m0/s1. The zero-order valence-corrected chi connectivity index (χ0v) is 36.5. The molecule has 3 fully saturated rings. The molecule has 2 saturated carbocycles. The van der Waals surface area contributed by atoms with Crippen LogP contribution in [0, 0.1) is 33.8 Å². The number of nitro benzene ring substituents is 1. The van der Waals surface area contributed by atoms with Crippen molar-refractivity contribution in [2.75, 3.05) is 33.0 Å². The van der Waals surface area contributed by atoms with Crippen molar-refractivity contribution in [1.29, 1.82) is 0 Å². The molecule has 2 aliphatic heterocycles. The third-order valence-corrected chi connectivity index (χ3v) is 13.7. The van der Waals surface area contributed by atoms with Crippen molar-refractivity contribution in [3.05, 3.63) is 82.4 Å². The molecule has 2 aromatic rings. The monoisotopic (exact) mass is 857 g/mol. The average Bonchev–Trinajstić information content (AvgIpc) is 3.82. The van der Waals surface area contributed by atoms with Crippen LogP contribution in [0.5, 0.6) is 17.2 Å². The fourth-order valence-corrected chi connectivity index (χ4v) is 10.9. The molecule has 7 rings (SSSR count). The molecule has 0 aromatic heterocycles. The van der Waals surface area contributed by atoms with Gasteiger partial charge in [-0.3, -0.25) is 14.9 Å². The summed E-state index contributed by atoms with van der Waals surface area (Å²) < 4.78 is 26.9. The number of amides is 1. The molecule has 1 saturated heterocycles. The van der Waals surface area contributed by atoms with Crippen molar-refractivity contribution in [2.45, 2.75) is 140 Å². The lowest BCUT2D eigenvalue weighted by atomic mass is 9.55. The first-order chi connectivity index (χ1) is 30.3. The summed E-state index contributed by atoms with van der Waals surface area (Å²) in [5.74, 6) is 0.172. The van der Waals surface area contributed by atoms with Crippen LogP contribution in [0.3, 0.4) is 0 Å². The van der Waals surface area contributed by atoms with E-state index in [9.17, 15) is 25.1 Å². The van der Waals surface area contributed by atoms with Gasteiger partial charge in [-0.25, -0.2) is 0 Å². The largest absolute Gasteiger partial charge is 0.459 e. The first-order valence-corrected chi connectivity index (χ1v) is 23.4. The van der Waals surface area contributed by atoms with Crippen LogP contribution in [0.2, 0.25) is 0 Å². The van der Waals surface area contributed by atoms with Gasteiger partial charge in [-0.1, -0.05) is 68.8 Å². The van der Waals surface area contributed by atoms with Crippen molar-refractivity contribution < 1.29 is 43.7 Å². The Balaban J connectivity index is 1.40. The molecule has 7 atom stereocenters. The molecule has 1 amide bonds. The number of unbranched alkanes of at least 4 members (excludes halogenated alkanes) is 2. The van der Waals surface area contributed by atoms with Crippen LogP contribution >= 0.6 is 0 Å². The molecule has 62 heavy (non-hydrogen) atoms. The second-order valence-corrected chi connectivity index (χ2v) is 17.8. The van der Waals surface area contributed by atoms with E-state index in [4.69, 9.17) is 28.9 Å². The Bertz CT molecular complexity index is 1890. The summed E-state index contributed by atoms with van der Waals surface area (Å²) in [6.07, 6.45) is 18.0. The van der Waals surface area contributed by atoms with Crippen molar-refractivity contribution in [1.82, 2.24) is 4.90 Å². The second-order valence-electron chi connectivity index (χ2n) is 17.8. The van der Waals surface area contributed by atoms with Gasteiger partial charge in [0.2, 0.25) is 18.0 Å². The van der Waals surface area contributed by atoms with E-state index in [-0.39, 0.29) is 49.2 Å². The van der Waals surface area contributed by atoms with E-state index < -0.39 is 29.0 Å². The molecule has 0 spiro atoms. The van der Waals surface area contributed by atoms with E-state index in [0.29, 0.717) is 62.0 Å². The maximum absolute atomic E-state index is 14.8. The number of ether oxygens (including phenoxy) is 4. The fourth-order valence-electron chi connectivity index (χ4n) is 10.9. The number of non-ortho nitro benzene ring substituents is 1. The van der Waals surface area contributed by atoms with E-state index in [1.54, 1.807) is 18.2 Å². The quantitative estimate of drug-likeness (QED) is 0.0505. The van der Waals surface area contributed by atoms with Gasteiger partial charge < -0.3 is 38.9 Å². The second kappa shape index (κ2) is 21.9. The lowest BCUT2D eigenvalue weighted by molar-refractivity contribution is -0.384. The zero-order chi connectivity index (χ0) is 43.5. The molecule has 0 radical (unpaired) electrons. The van der Waals surface area contributed by atoms with Crippen LogP contribution < -0.4 is 9.47 Å². The summed E-state index contributed by atoms with van der Waals surface area (Å²) in [6.45, 7) is 7.64. The molecular formula is C49H67N3O10. The minimum atomic E-state index is -1.34. The van der Waals surface area contributed by atoms with Gasteiger partial charge in [0.05, 0.1) is 35.8 Å². The predicted octanol–water partition coefficient (Wildman–Crippen LogP) is 9.76. The fraction of sp³-hybridized carbons (Fsp3) is 0.633. The Morgan fingerprint density at radius 3 is 2.52 bits per heavy atom. The highest BCUT2D eigenvalue weighted by atomic mass is 16.8. The van der Waals surface area contributed by atoms with E-state index in [1.807, 2.05) is 23.1 Å². The number of hydrogen-bond acceptors (Lipinski definition) is 11. The third-order valence-electron chi connectivity index (χ3n) is 13.7. The number of nitro groups is 1. The summed E-state index contributed by atoms with van der Waals surface area (Å²) in [5.41, 5.74) is 2.55. The number of benzene rings is 2. The van der Waals surface area contributed by atoms with Gasteiger partial charge in [-0.05, 0) is 99.0 Å². The summed E-state index contributed by atoms with van der Waals surface area (Å²) in [4.78, 5) is 34.3. The number of carbonyl (C=O) groups excluding carboxylic acids is 1. The lowest BCUT2D eigenvalue weighted by Crippen LogP contribution is -2.70. The Kier molecular flexibility index (Phi) is 16.1. The van der Waals surface area contributed by atoms with Gasteiger partial charge in [0.25, 0.3) is 5.69 Å². The van der Waals surface area contributed by atoms with Crippen LogP contribution in [0.1, 0.15) is 128 Å². The highest BCUT2D eigenvalue weighted by Gasteiger charge is 2.65. The van der Waals surface area contributed by atoms with E-state index in [2.05, 4.69) is 19.6 Å². The topological polar surface area (TPSA) is 162 Å². The molecular weight excluding hydrogens is 791 g/mol. The maximum Gasteiger partial charge on any atom is 0.273 e. The number of allylic oxidation sites excluding steroid dienone is 1. The molecule has 5 aliphatic rings. The van der Waals surface area contributed by atoms with Crippen LogP contribution in [0.15, 0.2) is 71.9 Å². The Morgan fingerprint density at radius 2 is 1.79 bits per heavy atom. The average molecular weight is 858 g/mol. The van der Waals surface area contributed by atoms with Gasteiger partial charge in [-0.2, -0.15) is 0 Å². The van der Waals surface area contributed by atoms with Crippen molar-refractivity contribution in [2.24, 2.45) is 28.8 Å². The highest BCUT2D eigenvalue weighted by molar-refractivity contribution is 6.03.